The molecule has 0 saturated carbocycles. The molecule has 0 saturated heterocycles. The summed E-state index contributed by atoms with van der Waals surface area (Å²) in [6, 6.07) is 69.1. The molecule has 0 amide bonds. The second-order valence-electron chi connectivity index (χ2n) is 22.9. The predicted octanol–water partition coefficient (Wildman–Crippen LogP) is 17.4. The molecule has 0 radical (unpaired) electrons. The van der Waals surface area contributed by atoms with Crippen LogP contribution in [0.3, 0.4) is 0 Å². The zero-order valence-electron chi connectivity index (χ0n) is 43.8. The molecule has 3 aromatic heterocycles. The van der Waals surface area contributed by atoms with Crippen molar-refractivity contribution in [2.45, 2.75) is 96.8 Å². The first-order chi connectivity index (χ1) is 35.8. The van der Waals surface area contributed by atoms with Crippen LogP contribution >= 0.6 is 0 Å². The minimum atomic E-state index is -0.0369. The Bertz CT molecular complexity index is 4030. The Morgan fingerprint density at radius 3 is 1.92 bits per heavy atom. The molecule has 0 spiro atoms. The number of para-hydroxylation sites is 3. The van der Waals surface area contributed by atoms with E-state index in [-0.39, 0.29) is 37.3 Å². The molecule has 75 heavy (non-hydrogen) atoms. The van der Waals surface area contributed by atoms with Gasteiger partial charge >= 0.3 is 0 Å². The Hall–Kier alpha value is -7.33. The van der Waals surface area contributed by atoms with Crippen LogP contribution in [0.5, 0.6) is 11.5 Å². The molecule has 0 unspecified atom stereocenters. The topological polar surface area (TPSA) is 35.9 Å². The quantitative estimate of drug-likeness (QED) is 0.127. The summed E-state index contributed by atoms with van der Waals surface area (Å²) in [5.41, 5.74) is 19.6. The summed E-state index contributed by atoms with van der Waals surface area (Å²) in [7, 11) is 0. The molecular formula is C69H60N4OPt-2. The molecule has 1 aliphatic carbocycles. The molecule has 374 valence electrons. The maximum atomic E-state index is 6.79. The molecule has 2 aliphatic rings. The minimum Gasteiger partial charge on any atom is -0.510 e. The molecule has 0 fully saturated rings. The van der Waals surface area contributed by atoms with Gasteiger partial charge in [-0.2, -0.15) is 18.2 Å². The Kier molecular flexibility index (Phi) is 12.0. The first-order valence-electron chi connectivity index (χ1n) is 26.4. The van der Waals surface area contributed by atoms with Gasteiger partial charge in [0.25, 0.3) is 6.33 Å². The van der Waals surface area contributed by atoms with E-state index in [1.807, 2.05) is 24.4 Å². The number of fused-ring (bicyclic) bond motifs is 11. The average Bonchev–Trinajstić information content (AvgIpc) is 3.99. The zero-order chi connectivity index (χ0) is 50.5. The van der Waals surface area contributed by atoms with Crippen LogP contribution in [-0.4, -0.2) is 14.1 Å². The monoisotopic (exact) mass is 1160 g/mol. The largest absolute Gasteiger partial charge is 0.510 e. The van der Waals surface area contributed by atoms with Crippen molar-refractivity contribution in [2.24, 2.45) is 0 Å². The van der Waals surface area contributed by atoms with Crippen molar-refractivity contribution in [3.05, 3.63) is 211 Å². The van der Waals surface area contributed by atoms with E-state index in [2.05, 4.69) is 232 Å². The molecule has 1 aliphatic heterocycles. The number of benzene rings is 8. The van der Waals surface area contributed by atoms with Gasteiger partial charge in [-0.25, -0.2) is 4.98 Å². The molecule has 4 heterocycles. The van der Waals surface area contributed by atoms with Crippen LogP contribution in [0.15, 0.2) is 176 Å². The second kappa shape index (κ2) is 18.5. The van der Waals surface area contributed by atoms with Crippen molar-refractivity contribution in [1.82, 2.24) is 14.1 Å². The first-order valence-corrected chi connectivity index (χ1v) is 26.4. The van der Waals surface area contributed by atoms with E-state index in [1.54, 1.807) is 0 Å². The first kappa shape index (κ1) is 48.6. The summed E-state index contributed by atoms with van der Waals surface area (Å²) in [6.07, 6.45) is 12.0. The van der Waals surface area contributed by atoms with Gasteiger partial charge in [0.2, 0.25) is 0 Å². The molecule has 13 rings (SSSR count). The van der Waals surface area contributed by atoms with Crippen molar-refractivity contribution >= 4 is 32.8 Å². The number of hydrogen-bond donors (Lipinski definition) is 0. The van der Waals surface area contributed by atoms with Crippen molar-refractivity contribution in [1.29, 1.82) is 0 Å². The van der Waals surface area contributed by atoms with Crippen LogP contribution in [0.25, 0.3) is 94.5 Å². The smallest absolute Gasteiger partial charge is 0.268 e. The zero-order valence-corrected chi connectivity index (χ0v) is 46.1. The Morgan fingerprint density at radius 1 is 0.547 bits per heavy atom. The Morgan fingerprint density at radius 2 is 1.16 bits per heavy atom. The van der Waals surface area contributed by atoms with E-state index in [4.69, 9.17) is 9.72 Å². The van der Waals surface area contributed by atoms with E-state index >= 15 is 0 Å². The number of ether oxygens (including phenoxy) is 1. The molecule has 11 aromatic rings. The van der Waals surface area contributed by atoms with Gasteiger partial charge in [-0.1, -0.05) is 195 Å². The van der Waals surface area contributed by atoms with Gasteiger partial charge in [0.15, 0.2) is 0 Å². The van der Waals surface area contributed by atoms with Gasteiger partial charge in [-0.15, -0.1) is 29.7 Å². The van der Waals surface area contributed by atoms with E-state index in [0.717, 1.165) is 67.6 Å². The number of pyridine rings is 1. The van der Waals surface area contributed by atoms with Crippen molar-refractivity contribution in [3.63, 3.8) is 0 Å². The number of hydrogen-bond acceptors (Lipinski definition) is 2. The van der Waals surface area contributed by atoms with Gasteiger partial charge in [0, 0.05) is 44.3 Å². The standard InChI is InChI=1S/C69H60N4O.Pt/c1-67(2,3)46-36-39-70-64(41-46)73-61-30-14-13-26-55(61)56-34-33-49(43-63(56)73)74-48-21-17-20-47(42-48)71-44-72-65-50(45-32-35-59-60(40-45)69(6,7)38-16-8-15-37-68(59,4)5)27-18-28-57(65)53-24-11-9-22-51(53)52-23-10-12-25-54(52)58-29-19-31-62(71)66(58)72;/h9-14,17-36,39-41H,8,15-16,37-38H2,1-7H3;/q-2;. The third kappa shape index (κ3) is 8.26. The molecule has 5 nitrogen and oxygen atoms in total. The maximum Gasteiger partial charge on any atom is 0.268 e. The van der Waals surface area contributed by atoms with Crippen molar-refractivity contribution in [3.8, 4) is 73.2 Å². The number of aromatic nitrogens is 4. The van der Waals surface area contributed by atoms with Crippen LogP contribution in [0.1, 0.15) is 97.3 Å². The van der Waals surface area contributed by atoms with Crippen LogP contribution in [0.4, 0.5) is 0 Å². The van der Waals surface area contributed by atoms with E-state index < -0.39 is 0 Å². The number of rotatable bonds is 5. The summed E-state index contributed by atoms with van der Waals surface area (Å²) < 4.78 is 13.5. The number of nitrogens with zero attached hydrogens (tertiary/aromatic N) is 4. The Labute approximate surface area is 455 Å². The molecule has 0 atom stereocenters. The summed E-state index contributed by atoms with van der Waals surface area (Å²) >= 11 is 0. The molecule has 0 bridgehead atoms. The van der Waals surface area contributed by atoms with Gasteiger partial charge < -0.3 is 13.9 Å². The van der Waals surface area contributed by atoms with Crippen LogP contribution in [-0.2, 0) is 37.3 Å². The van der Waals surface area contributed by atoms with Crippen molar-refractivity contribution < 1.29 is 30.4 Å². The normalized spacial score (nSPS) is 14.7. The third-order valence-corrected chi connectivity index (χ3v) is 16.2. The second-order valence-corrected chi connectivity index (χ2v) is 22.9. The fourth-order valence-electron chi connectivity index (χ4n) is 12.2. The molecule has 8 aromatic carbocycles. The predicted molar refractivity (Wildman–Crippen MR) is 303 cm³/mol. The maximum absolute atomic E-state index is 6.79. The Balaban J connectivity index is 0.00000569. The minimum absolute atomic E-state index is 0. The van der Waals surface area contributed by atoms with Crippen LogP contribution < -0.4 is 9.30 Å². The summed E-state index contributed by atoms with van der Waals surface area (Å²) in [4.78, 5) is 4.90. The van der Waals surface area contributed by atoms with Crippen molar-refractivity contribution in [2.75, 3.05) is 0 Å². The number of imidazole rings is 1. The average molecular weight is 1160 g/mol. The van der Waals surface area contributed by atoms with Crippen LogP contribution in [0.2, 0.25) is 0 Å². The summed E-state index contributed by atoms with van der Waals surface area (Å²) in [6.45, 7) is 16.5. The summed E-state index contributed by atoms with van der Waals surface area (Å²) in [5, 5.41) is 2.23. The SMILES string of the molecule is CC(C)(C)c1ccnc(-n2c3[c-]c(Oc4[c-]c(-n5[c-][n+]6c7c(cccc75)-c5ccccc5-c5ccccc5-c5cccc(-c7ccc8c(c7)C(C)(C)CCCCCC8(C)C)c5-6)ccc4)ccc3c3ccccc32)c1.[Pt]. The van der Waals surface area contributed by atoms with E-state index in [9.17, 15) is 0 Å². The third-order valence-electron chi connectivity index (χ3n) is 16.2. The van der Waals surface area contributed by atoms with Gasteiger partial charge in [-0.05, 0) is 120 Å². The van der Waals surface area contributed by atoms with Gasteiger partial charge in [-0.3, -0.25) is 4.57 Å². The molecule has 0 N–H and O–H groups in total. The van der Waals surface area contributed by atoms with E-state index in [1.165, 1.54) is 75.8 Å². The van der Waals surface area contributed by atoms with Gasteiger partial charge in [0.1, 0.15) is 5.82 Å². The molecule has 6 heteroatoms. The van der Waals surface area contributed by atoms with Crippen LogP contribution in [0, 0.1) is 18.5 Å². The van der Waals surface area contributed by atoms with Gasteiger partial charge in [0.05, 0.1) is 16.7 Å². The van der Waals surface area contributed by atoms with E-state index in [0.29, 0.717) is 11.5 Å². The molecular weight excluding hydrogens is 1100 g/mol. The fourth-order valence-corrected chi connectivity index (χ4v) is 12.2. The fraction of sp³-hybridized carbons (Fsp3) is 0.217. The summed E-state index contributed by atoms with van der Waals surface area (Å²) in [5.74, 6) is 2.02.